The van der Waals surface area contributed by atoms with Crippen molar-refractivity contribution in [3.63, 3.8) is 0 Å². The number of carboxylic acid groups (broad SMARTS) is 1. The Morgan fingerprint density at radius 2 is 2.33 bits per heavy atom. The van der Waals surface area contributed by atoms with Crippen molar-refractivity contribution >= 4 is 6.09 Å². The molecule has 1 amide bonds. The van der Waals surface area contributed by atoms with E-state index in [2.05, 4.69) is 5.32 Å². The molecule has 0 saturated carbocycles. The number of rotatable bonds is 1. The minimum atomic E-state index is -0.924. The first-order chi connectivity index (χ1) is 8.59. The molecule has 0 aliphatic carbocycles. The average Bonchev–Trinajstić information content (AvgIpc) is 2.54. The standard InChI is InChI=1S/C13H17FN2O2/c1-9-7-10(14)3-4-11(9)12-8-15-5-2-6-16(12)13(17)18/h3-4,7,12,15H,2,5-6,8H2,1H3,(H,17,18)/t12-/m1/s1. The van der Waals surface area contributed by atoms with Gasteiger partial charge in [-0.3, -0.25) is 4.90 Å². The number of benzene rings is 1. The Bertz CT molecular complexity index is 451. The Morgan fingerprint density at radius 3 is 3.00 bits per heavy atom. The van der Waals surface area contributed by atoms with Crippen LogP contribution in [0.3, 0.4) is 0 Å². The van der Waals surface area contributed by atoms with Gasteiger partial charge in [-0.15, -0.1) is 0 Å². The van der Waals surface area contributed by atoms with Gasteiger partial charge in [-0.25, -0.2) is 9.18 Å². The molecule has 1 fully saturated rings. The van der Waals surface area contributed by atoms with Gasteiger partial charge in [0.2, 0.25) is 0 Å². The van der Waals surface area contributed by atoms with E-state index in [1.165, 1.54) is 17.0 Å². The smallest absolute Gasteiger partial charge is 0.407 e. The second kappa shape index (κ2) is 5.35. The van der Waals surface area contributed by atoms with E-state index in [9.17, 15) is 14.3 Å². The zero-order valence-electron chi connectivity index (χ0n) is 10.3. The lowest BCUT2D eigenvalue weighted by Gasteiger charge is -2.28. The van der Waals surface area contributed by atoms with Gasteiger partial charge in [0.1, 0.15) is 5.82 Å². The van der Waals surface area contributed by atoms with Crippen molar-refractivity contribution in [3.8, 4) is 0 Å². The fraction of sp³-hybridized carbons (Fsp3) is 0.462. The van der Waals surface area contributed by atoms with Gasteiger partial charge < -0.3 is 10.4 Å². The fourth-order valence-electron chi connectivity index (χ4n) is 2.40. The molecule has 1 heterocycles. The molecule has 98 valence electrons. The summed E-state index contributed by atoms with van der Waals surface area (Å²) in [7, 11) is 0. The Kier molecular flexibility index (Phi) is 3.81. The maximum atomic E-state index is 13.1. The highest BCUT2D eigenvalue weighted by molar-refractivity contribution is 5.66. The van der Waals surface area contributed by atoms with Crippen molar-refractivity contribution in [1.29, 1.82) is 0 Å². The van der Waals surface area contributed by atoms with Crippen LogP contribution in [0.4, 0.5) is 9.18 Å². The zero-order valence-corrected chi connectivity index (χ0v) is 10.3. The van der Waals surface area contributed by atoms with Gasteiger partial charge in [-0.1, -0.05) is 6.07 Å². The van der Waals surface area contributed by atoms with Crippen LogP contribution in [-0.2, 0) is 0 Å². The monoisotopic (exact) mass is 252 g/mol. The maximum Gasteiger partial charge on any atom is 0.407 e. The molecule has 1 aliphatic rings. The lowest BCUT2D eigenvalue weighted by atomic mass is 10.00. The Labute approximate surface area is 105 Å². The van der Waals surface area contributed by atoms with Crippen molar-refractivity contribution in [1.82, 2.24) is 10.2 Å². The van der Waals surface area contributed by atoms with Crippen LogP contribution in [0, 0.1) is 12.7 Å². The SMILES string of the molecule is Cc1cc(F)ccc1[C@H]1CNCCCN1C(=O)O. The second-order valence-electron chi connectivity index (χ2n) is 4.55. The first kappa shape index (κ1) is 12.8. The Balaban J connectivity index is 2.34. The first-order valence-corrected chi connectivity index (χ1v) is 6.06. The van der Waals surface area contributed by atoms with E-state index >= 15 is 0 Å². The highest BCUT2D eigenvalue weighted by Gasteiger charge is 2.27. The quantitative estimate of drug-likeness (QED) is 0.805. The molecule has 1 aromatic rings. The predicted octanol–water partition coefficient (Wildman–Crippen LogP) is 2.15. The highest BCUT2D eigenvalue weighted by atomic mass is 19.1. The van der Waals surface area contributed by atoms with Gasteiger partial charge >= 0.3 is 6.09 Å². The summed E-state index contributed by atoms with van der Waals surface area (Å²) in [5.74, 6) is -0.292. The van der Waals surface area contributed by atoms with E-state index < -0.39 is 6.09 Å². The van der Waals surface area contributed by atoms with Gasteiger partial charge in [0.25, 0.3) is 0 Å². The summed E-state index contributed by atoms with van der Waals surface area (Å²) in [6, 6.07) is 4.26. The van der Waals surface area contributed by atoms with E-state index in [0.717, 1.165) is 24.1 Å². The van der Waals surface area contributed by atoms with Crippen LogP contribution in [-0.4, -0.2) is 35.7 Å². The predicted molar refractivity (Wildman–Crippen MR) is 66.1 cm³/mol. The molecule has 1 saturated heterocycles. The van der Waals surface area contributed by atoms with Crippen LogP contribution < -0.4 is 5.32 Å². The van der Waals surface area contributed by atoms with Crippen molar-refractivity contribution in [2.75, 3.05) is 19.6 Å². The van der Waals surface area contributed by atoms with Crippen LogP contribution in [0.2, 0.25) is 0 Å². The van der Waals surface area contributed by atoms with Crippen LogP contribution in [0.15, 0.2) is 18.2 Å². The number of carbonyl (C=O) groups is 1. The van der Waals surface area contributed by atoms with E-state index in [4.69, 9.17) is 0 Å². The summed E-state index contributed by atoms with van der Waals surface area (Å²) in [6.07, 6.45) is -0.129. The van der Waals surface area contributed by atoms with E-state index in [0.29, 0.717) is 13.1 Å². The number of hydrogen-bond acceptors (Lipinski definition) is 2. The molecular weight excluding hydrogens is 235 g/mol. The summed E-state index contributed by atoms with van der Waals surface area (Å²) in [5, 5.41) is 12.5. The van der Waals surface area contributed by atoms with Gasteiger partial charge in [-0.05, 0) is 43.1 Å². The molecular formula is C13H17FN2O2. The number of aryl methyl sites for hydroxylation is 1. The third-order valence-corrected chi connectivity index (χ3v) is 3.30. The molecule has 1 aliphatic heterocycles. The van der Waals surface area contributed by atoms with Gasteiger partial charge in [0.15, 0.2) is 0 Å². The maximum absolute atomic E-state index is 13.1. The van der Waals surface area contributed by atoms with E-state index in [-0.39, 0.29) is 11.9 Å². The molecule has 2 N–H and O–H groups in total. The third-order valence-electron chi connectivity index (χ3n) is 3.30. The molecule has 0 aromatic heterocycles. The molecule has 4 nitrogen and oxygen atoms in total. The first-order valence-electron chi connectivity index (χ1n) is 6.06. The molecule has 0 bridgehead atoms. The lowest BCUT2D eigenvalue weighted by Crippen LogP contribution is -2.36. The zero-order chi connectivity index (χ0) is 13.1. The topological polar surface area (TPSA) is 52.6 Å². The Morgan fingerprint density at radius 1 is 1.56 bits per heavy atom. The second-order valence-corrected chi connectivity index (χ2v) is 4.55. The van der Waals surface area contributed by atoms with Crippen LogP contribution in [0.1, 0.15) is 23.6 Å². The minimum Gasteiger partial charge on any atom is -0.465 e. The summed E-state index contributed by atoms with van der Waals surface area (Å²) in [4.78, 5) is 12.7. The van der Waals surface area contributed by atoms with Crippen molar-refractivity contribution in [2.24, 2.45) is 0 Å². The average molecular weight is 252 g/mol. The normalized spacial score (nSPS) is 20.6. The van der Waals surface area contributed by atoms with Gasteiger partial charge in [0, 0.05) is 13.1 Å². The number of nitrogens with one attached hydrogen (secondary N) is 1. The largest absolute Gasteiger partial charge is 0.465 e. The van der Waals surface area contributed by atoms with Gasteiger partial charge in [0.05, 0.1) is 6.04 Å². The van der Waals surface area contributed by atoms with Crippen molar-refractivity contribution < 1.29 is 14.3 Å². The number of halogens is 1. The lowest BCUT2D eigenvalue weighted by molar-refractivity contribution is 0.128. The van der Waals surface area contributed by atoms with E-state index in [1.807, 2.05) is 6.92 Å². The molecule has 0 radical (unpaired) electrons. The molecule has 2 rings (SSSR count). The number of amides is 1. The van der Waals surface area contributed by atoms with E-state index in [1.54, 1.807) is 6.07 Å². The summed E-state index contributed by atoms with van der Waals surface area (Å²) >= 11 is 0. The fourth-order valence-corrected chi connectivity index (χ4v) is 2.40. The summed E-state index contributed by atoms with van der Waals surface area (Å²) in [6.45, 7) is 3.69. The third kappa shape index (κ3) is 2.61. The van der Waals surface area contributed by atoms with Crippen LogP contribution in [0.25, 0.3) is 0 Å². The number of hydrogen-bond donors (Lipinski definition) is 2. The molecule has 1 aromatic carbocycles. The molecule has 5 heteroatoms. The molecule has 1 atom stereocenters. The van der Waals surface area contributed by atoms with Crippen molar-refractivity contribution in [3.05, 3.63) is 35.1 Å². The molecule has 18 heavy (non-hydrogen) atoms. The van der Waals surface area contributed by atoms with Crippen LogP contribution >= 0.6 is 0 Å². The highest BCUT2D eigenvalue weighted by Crippen LogP contribution is 2.25. The number of nitrogens with zero attached hydrogens (tertiary/aromatic N) is 1. The van der Waals surface area contributed by atoms with Crippen LogP contribution in [0.5, 0.6) is 0 Å². The van der Waals surface area contributed by atoms with Crippen molar-refractivity contribution in [2.45, 2.75) is 19.4 Å². The van der Waals surface area contributed by atoms with Gasteiger partial charge in [-0.2, -0.15) is 0 Å². The minimum absolute atomic E-state index is 0.245. The molecule has 0 spiro atoms. The summed E-state index contributed by atoms with van der Waals surface area (Å²) < 4.78 is 13.1. The Hall–Kier alpha value is -1.62. The molecule has 0 unspecified atom stereocenters. The summed E-state index contributed by atoms with van der Waals surface area (Å²) in [5.41, 5.74) is 1.66.